The zero-order valence-corrected chi connectivity index (χ0v) is 7.88. The number of aromatic hydroxyl groups is 1. The van der Waals surface area contributed by atoms with Gasteiger partial charge in [-0.1, -0.05) is 17.7 Å². The molecule has 0 bridgehead atoms. The summed E-state index contributed by atoms with van der Waals surface area (Å²) >= 11 is 0. The van der Waals surface area contributed by atoms with E-state index in [-0.39, 0.29) is 0 Å². The van der Waals surface area contributed by atoms with Crippen LogP contribution < -0.4 is 5.32 Å². The second-order valence-corrected chi connectivity index (χ2v) is 3.71. The van der Waals surface area contributed by atoms with E-state index < -0.39 is 0 Å². The summed E-state index contributed by atoms with van der Waals surface area (Å²) < 4.78 is 0. The van der Waals surface area contributed by atoms with Crippen LogP contribution in [0.3, 0.4) is 0 Å². The van der Waals surface area contributed by atoms with Crippen LogP contribution in [0, 0.1) is 6.92 Å². The molecule has 1 aromatic rings. The number of phenolic OH excluding ortho intramolecular Hbond substituents is 1. The van der Waals surface area contributed by atoms with Gasteiger partial charge in [0.2, 0.25) is 0 Å². The van der Waals surface area contributed by atoms with E-state index in [0.29, 0.717) is 11.8 Å². The fraction of sp³-hybridized carbons (Fsp3) is 0.455. The molecule has 70 valence electrons. The van der Waals surface area contributed by atoms with Gasteiger partial charge in [0.15, 0.2) is 0 Å². The third kappa shape index (κ3) is 1.68. The van der Waals surface area contributed by atoms with E-state index in [1.807, 2.05) is 6.07 Å². The van der Waals surface area contributed by atoms with Gasteiger partial charge in [0.25, 0.3) is 0 Å². The molecule has 2 nitrogen and oxygen atoms in total. The lowest BCUT2D eigenvalue weighted by molar-refractivity contribution is 0.457. The normalized spacial score (nSPS) is 22.1. The van der Waals surface area contributed by atoms with Gasteiger partial charge >= 0.3 is 0 Å². The van der Waals surface area contributed by atoms with Crippen LogP contribution in [-0.4, -0.2) is 11.7 Å². The van der Waals surface area contributed by atoms with Gasteiger partial charge in [-0.25, -0.2) is 0 Å². The lowest BCUT2D eigenvalue weighted by Crippen LogP contribution is -2.12. The standard InChI is InChI=1S/C11H15NO/c1-8-4-5-11(13)9(7-8)10-3-2-6-12-10/h4-5,7,10,12-13H,2-3,6H2,1H3/t10-/m1/s1. The Labute approximate surface area is 78.6 Å². The van der Waals surface area contributed by atoms with Crippen LogP contribution >= 0.6 is 0 Å². The summed E-state index contributed by atoms with van der Waals surface area (Å²) in [5.41, 5.74) is 2.26. The maximum atomic E-state index is 9.66. The molecule has 0 spiro atoms. The monoisotopic (exact) mass is 177 g/mol. The first-order chi connectivity index (χ1) is 6.27. The van der Waals surface area contributed by atoms with Crippen molar-refractivity contribution >= 4 is 0 Å². The first-order valence-electron chi connectivity index (χ1n) is 4.80. The first kappa shape index (κ1) is 8.57. The number of rotatable bonds is 1. The summed E-state index contributed by atoms with van der Waals surface area (Å²) in [4.78, 5) is 0. The van der Waals surface area contributed by atoms with Crippen molar-refractivity contribution in [1.29, 1.82) is 0 Å². The number of hydrogen-bond donors (Lipinski definition) is 2. The summed E-state index contributed by atoms with van der Waals surface area (Å²) in [6.07, 6.45) is 2.34. The third-order valence-corrected chi connectivity index (χ3v) is 2.62. The quantitative estimate of drug-likeness (QED) is 0.688. The van der Waals surface area contributed by atoms with Crippen LogP contribution in [0.25, 0.3) is 0 Å². The molecule has 13 heavy (non-hydrogen) atoms. The largest absolute Gasteiger partial charge is 0.508 e. The van der Waals surface area contributed by atoms with E-state index >= 15 is 0 Å². The van der Waals surface area contributed by atoms with E-state index in [1.54, 1.807) is 6.07 Å². The van der Waals surface area contributed by atoms with Crippen molar-refractivity contribution in [2.75, 3.05) is 6.54 Å². The summed E-state index contributed by atoms with van der Waals surface area (Å²) in [6, 6.07) is 6.15. The fourth-order valence-electron chi connectivity index (χ4n) is 1.90. The predicted octanol–water partition coefficient (Wildman–Crippen LogP) is 2.13. The van der Waals surface area contributed by atoms with Crippen molar-refractivity contribution in [1.82, 2.24) is 5.32 Å². The highest BCUT2D eigenvalue weighted by atomic mass is 16.3. The molecule has 1 fully saturated rings. The molecule has 1 saturated heterocycles. The average Bonchev–Trinajstić information content (AvgIpc) is 2.61. The minimum Gasteiger partial charge on any atom is -0.508 e. The van der Waals surface area contributed by atoms with Crippen molar-refractivity contribution in [2.24, 2.45) is 0 Å². The molecule has 0 aliphatic carbocycles. The van der Waals surface area contributed by atoms with Crippen LogP contribution in [-0.2, 0) is 0 Å². The zero-order valence-electron chi connectivity index (χ0n) is 7.88. The average molecular weight is 177 g/mol. The SMILES string of the molecule is Cc1ccc(O)c([C@H]2CCCN2)c1. The van der Waals surface area contributed by atoms with Gasteiger partial charge in [0.05, 0.1) is 0 Å². The van der Waals surface area contributed by atoms with Crippen molar-refractivity contribution in [2.45, 2.75) is 25.8 Å². The molecule has 2 rings (SSSR count). The number of phenols is 1. The molecule has 1 heterocycles. The number of hydrogen-bond acceptors (Lipinski definition) is 2. The molecule has 1 atom stereocenters. The van der Waals surface area contributed by atoms with Gasteiger partial charge in [-0.2, -0.15) is 0 Å². The Morgan fingerprint density at radius 3 is 3.00 bits per heavy atom. The first-order valence-corrected chi connectivity index (χ1v) is 4.80. The van der Waals surface area contributed by atoms with Crippen LogP contribution in [0.4, 0.5) is 0 Å². The van der Waals surface area contributed by atoms with Crippen molar-refractivity contribution < 1.29 is 5.11 Å². The molecular weight excluding hydrogens is 162 g/mol. The van der Waals surface area contributed by atoms with Crippen molar-refractivity contribution in [3.8, 4) is 5.75 Å². The topological polar surface area (TPSA) is 32.3 Å². The zero-order chi connectivity index (χ0) is 9.26. The van der Waals surface area contributed by atoms with E-state index in [1.165, 1.54) is 12.0 Å². The Kier molecular flexibility index (Phi) is 2.23. The van der Waals surface area contributed by atoms with Gasteiger partial charge in [-0.3, -0.25) is 0 Å². The predicted molar refractivity (Wildman–Crippen MR) is 52.8 cm³/mol. The maximum Gasteiger partial charge on any atom is 0.120 e. The summed E-state index contributed by atoms with van der Waals surface area (Å²) in [6.45, 7) is 3.12. The van der Waals surface area contributed by atoms with Gasteiger partial charge in [-0.05, 0) is 32.4 Å². The molecule has 0 unspecified atom stereocenters. The summed E-state index contributed by atoms with van der Waals surface area (Å²) in [5.74, 6) is 0.421. The van der Waals surface area contributed by atoms with Gasteiger partial charge in [-0.15, -0.1) is 0 Å². The Morgan fingerprint density at radius 2 is 2.31 bits per heavy atom. The molecule has 0 aromatic heterocycles. The number of aryl methyl sites for hydroxylation is 1. The molecule has 1 aromatic carbocycles. The second-order valence-electron chi connectivity index (χ2n) is 3.71. The third-order valence-electron chi connectivity index (χ3n) is 2.62. The second kappa shape index (κ2) is 3.38. The van der Waals surface area contributed by atoms with Crippen LogP contribution in [0.1, 0.15) is 30.0 Å². The highest BCUT2D eigenvalue weighted by molar-refractivity contribution is 5.38. The molecule has 1 aliphatic rings. The number of benzene rings is 1. The molecule has 1 aliphatic heterocycles. The van der Waals surface area contributed by atoms with E-state index in [0.717, 1.165) is 18.5 Å². The molecule has 0 radical (unpaired) electrons. The number of nitrogens with one attached hydrogen (secondary N) is 1. The highest BCUT2D eigenvalue weighted by Crippen LogP contribution is 2.30. The summed E-state index contributed by atoms with van der Waals surface area (Å²) in [5, 5.41) is 13.0. The Bertz CT molecular complexity index is 303. The van der Waals surface area contributed by atoms with Crippen LogP contribution in [0.2, 0.25) is 0 Å². The van der Waals surface area contributed by atoms with Crippen LogP contribution in [0.15, 0.2) is 18.2 Å². The minimum absolute atomic E-state index is 0.361. The lowest BCUT2D eigenvalue weighted by atomic mass is 10.0. The van der Waals surface area contributed by atoms with E-state index in [4.69, 9.17) is 0 Å². The Morgan fingerprint density at radius 1 is 1.46 bits per heavy atom. The fourth-order valence-corrected chi connectivity index (χ4v) is 1.90. The minimum atomic E-state index is 0.361. The van der Waals surface area contributed by atoms with Gasteiger partial charge in [0, 0.05) is 11.6 Å². The lowest BCUT2D eigenvalue weighted by Gasteiger charge is -2.12. The molecule has 2 heteroatoms. The smallest absolute Gasteiger partial charge is 0.120 e. The van der Waals surface area contributed by atoms with Crippen molar-refractivity contribution in [3.05, 3.63) is 29.3 Å². The van der Waals surface area contributed by atoms with E-state index in [2.05, 4.69) is 18.3 Å². The van der Waals surface area contributed by atoms with Gasteiger partial charge < -0.3 is 10.4 Å². The van der Waals surface area contributed by atoms with Gasteiger partial charge in [0.1, 0.15) is 5.75 Å². The van der Waals surface area contributed by atoms with Crippen molar-refractivity contribution in [3.63, 3.8) is 0 Å². The molecule has 0 saturated carbocycles. The molecule has 0 amide bonds. The maximum absolute atomic E-state index is 9.66. The van der Waals surface area contributed by atoms with E-state index in [9.17, 15) is 5.11 Å². The Balaban J connectivity index is 2.32. The van der Waals surface area contributed by atoms with Crippen LogP contribution in [0.5, 0.6) is 5.75 Å². The molecule has 2 N–H and O–H groups in total. The molecular formula is C11H15NO. The Hall–Kier alpha value is -1.02. The highest BCUT2D eigenvalue weighted by Gasteiger charge is 2.18. The summed E-state index contributed by atoms with van der Waals surface area (Å²) in [7, 11) is 0.